The maximum atomic E-state index is 11.8. The Morgan fingerprint density at radius 2 is 1.91 bits per heavy atom. The molecule has 0 aliphatic rings. The molecule has 1 unspecified atom stereocenters. The van der Waals surface area contributed by atoms with Crippen LogP contribution in [0.15, 0.2) is 24.4 Å². The summed E-state index contributed by atoms with van der Waals surface area (Å²) in [7, 11) is 4.37. The second-order valence-electron chi connectivity index (χ2n) is 4.23. The van der Waals surface area contributed by atoms with Crippen molar-refractivity contribution in [2.24, 2.45) is 0 Å². The molecule has 0 spiro atoms. The van der Waals surface area contributed by atoms with Crippen molar-refractivity contribution in [1.29, 1.82) is 0 Å². The predicted molar refractivity (Wildman–Crippen MR) is 76.8 cm³/mol. The third kappa shape index (κ3) is 3.12. The molecule has 0 aromatic carbocycles. The van der Waals surface area contributed by atoms with Crippen molar-refractivity contribution in [3.05, 3.63) is 41.5 Å². The molecule has 116 valence electrons. The molecule has 0 radical (unpaired) electrons. The highest BCUT2D eigenvalue weighted by Gasteiger charge is 2.22. The summed E-state index contributed by atoms with van der Waals surface area (Å²) in [5, 5.41) is 13.0. The maximum absolute atomic E-state index is 11.8. The van der Waals surface area contributed by atoms with Crippen molar-refractivity contribution in [3.8, 4) is 11.8 Å². The minimum absolute atomic E-state index is 0.0503. The largest absolute Gasteiger partial charge is 0.481 e. The molecule has 1 atom stereocenters. The van der Waals surface area contributed by atoms with Crippen LogP contribution in [-0.4, -0.2) is 47.2 Å². The fourth-order valence-electron chi connectivity index (χ4n) is 1.84. The first-order chi connectivity index (χ1) is 10.6. The molecule has 8 heteroatoms. The number of hydrogen-bond donors (Lipinski definition) is 2. The molecule has 8 nitrogen and oxygen atoms in total. The molecular weight excluding hydrogens is 288 g/mol. The number of carbonyl (C=O) groups excluding carboxylic acids is 1. The number of methoxy groups -OCH3 is 2. The van der Waals surface area contributed by atoms with Gasteiger partial charge in [-0.25, -0.2) is 0 Å². The van der Waals surface area contributed by atoms with Crippen molar-refractivity contribution in [2.75, 3.05) is 21.3 Å². The molecule has 2 heterocycles. The molecule has 2 aromatic rings. The SMILES string of the molecule is CNC(=O)c1ncccc1C(O)c1nc(OC)cc(OC)n1. The van der Waals surface area contributed by atoms with E-state index in [1.165, 1.54) is 33.5 Å². The minimum atomic E-state index is -1.25. The van der Waals surface area contributed by atoms with Gasteiger partial charge in [0.05, 0.1) is 20.3 Å². The molecule has 2 N–H and O–H groups in total. The van der Waals surface area contributed by atoms with Crippen molar-refractivity contribution in [1.82, 2.24) is 20.3 Å². The van der Waals surface area contributed by atoms with Gasteiger partial charge >= 0.3 is 0 Å². The highest BCUT2D eigenvalue weighted by atomic mass is 16.5. The number of aromatic nitrogens is 3. The number of nitrogens with zero attached hydrogens (tertiary/aromatic N) is 3. The fourth-order valence-corrected chi connectivity index (χ4v) is 1.84. The van der Waals surface area contributed by atoms with Crippen LogP contribution in [-0.2, 0) is 0 Å². The fraction of sp³-hybridized carbons (Fsp3) is 0.286. The van der Waals surface area contributed by atoms with E-state index in [0.29, 0.717) is 0 Å². The van der Waals surface area contributed by atoms with Crippen LogP contribution in [0.4, 0.5) is 0 Å². The number of amides is 1. The first kappa shape index (κ1) is 15.6. The normalized spacial score (nSPS) is 11.6. The number of carbonyl (C=O) groups is 1. The Labute approximate surface area is 127 Å². The van der Waals surface area contributed by atoms with E-state index >= 15 is 0 Å². The molecule has 0 aliphatic carbocycles. The van der Waals surface area contributed by atoms with Crippen molar-refractivity contribution in [3.63, 3.8) is 0 Å². The van der Waals surface area contributed by atoms with Gasteiger partial charge in [-0.2, -0.15) is 9.97 Å². The third-order valence-corrected chi connectivity index (χ3v) is 2.93. The van der Waals surface area contributed by atoms with E-state index in [-0.39, 0.29) is 28.8 Å². The van der Waals surface area contributed by atoms with Gasteiger partial charge in [-0.1, -0.05) is 6.07 Å². The van der Waals surface area contributed by atoms with E-state index in [9.17, 15) is 9.90 Å². The Hall–Kier alpha value is -2.74. The number of ether oxygens (including phenoxy) is 2. The molecule has 0 bridgehead atoms. The monoisotopic (exact) mass is 304 g/mol. The summed E-state index contributed by atoms with van der Waals surface area (Å²) >= 11 is 0. The Morgan fingerprint density at radius 3 is 2.45 bits per heavy atom. The van der Waals surface area contributed by atoms with Gasteiger partial charge in [-0.15, -0.1) is 0 Å². The van der Waals surface area contributed by atoms with Gasteiger partial charge in [0.1, 0.15) is 11.8 Å². The summed E-state index contributed by atoms with van der Waals surface area (Å²) in [4.78, 5) is 24.0. The van der Waals surface area contributed by atoms with Gasteiger partial charge in [0, 0.05) is 18.8 Å². The highest BCUT2D eigenvalue weighted by Crippen LogP contribution is 2.25. The lowest BCUT2D eigenvalue weighted by Crippen LogP contribution is -2.22. The van der Waals surface area contributed by atoms with Gasteiger partial charge < -0.3 is 19.9 Å². The number of rotatable bonds is 5. The molecule has 2 aromatic heterocycles. The van der Waals surface area contributed by atoms with Crippen LogP contribution in [0.1, 0.15) is 28.0 Å². The van der Waals surface area contributed by atoms with Crippen LogP contribution in [0.25, 0.3) is 0 Å². The predicted octanol–water partition coefficient (Wildman–Crippen LogP) is 0.330. The second kappa shape index (κ2) is 6.81. The van der Waals surface area contributed by atoms with Gasteiger partial charge in [0.25, 0.3) is 5.91 Å². The van der Waals surface area contributed by atoms with E-state index in [1.807, 2.05) is 0 Å². The average Bonchev–Trinajstić information content (AvgIpc) is 2.59. The Bertz CT molecular complexity index is 655. The third-order valence-electron chi connectivity index (χ3n) is 2.93. The topological polar surface area (TPSA) is 106 Å². The van der Waals surface area contributed by atoms with Crippen LogP contribution in [0.2, 0.25) is 0 Å². The Morgan fingerprint density at radius 1 is 1.27 bits per heavy atom. The number of pyridine rings is 1. The average molecular weight is 304 g/mol. The Kier molecular flexibility index (Phi) is 4.84. The molecule has 0 aliphatic heterocycles. The Balaban J connectivity index is 2.48. The first-order valence-electron chi connectivity index (χ1n) is 6.42. The molecular formula is C14H16N4O4. The molecule has 22 heavy (non-hydrogen) atoms. The van der Waals surface area contributed by atoms with E-state index in [4.69, 9.17) is 9.47 Å². The van der Waals surface area contributed by atoms with E-state index < -0.39 is 12.0 Å². The lowest BCUT2D eigenvalue weighted by molar-refractivity contribution is 0.0952. The number of aliphatic hydroxyl groups is 1. The zero-order valence-corrected chi connectivity index (χ0v) is 12.4. The molecule has 2 rings (SSSR count). The van der Waals surface area contributed by atoms with Gasteiger partial charge in [-0.3, -0.25) is 9.78 Å². The number of nitrogens with one attached hydrogen (secondary N) is 1. The van der Waals surface area contributed by atoms with Crippen LogP contribution in [0.3, 0.4) is 0 Å². The lowest BCUT2D eigenvalue weighted by Gasteiger charge is -2.14. The zero-order valence-electron chi connectivity index (χ0n) is 12.4. The van der Waals surface area contributed by atoms with Crippen LogP contribution in [0.5, 0.6) is 11.8 Å². The van der Waals surface area contributed by atoms with Crippen molar-refractivity contribution < 1.29 is 19.4 Å². The quantitative estimate of drug-likeness (QED) is 0.819. The van der Waals surface area contributed by atoms with Gasteiger partial charge in [0.15, 0.2) is 5.82 Å². The summed E-state index contributed by atoms with van der Waals surface area (Å²) in [6.07, 6.45) is 0.221. The van der Waals surface area contributed by atoms with Gasteiger partial charge in [-0.05, 0) is 6.07 Å². The summed E-state index contributed by atoms with van der Waals surface area (Å²) < 4.78 is 10.1. The molecule has 0 saturated carbocycles. The zero-order chi connectivity index (χ0) is 16.1. The van der Waals surface area contributed by atoms with Gasteiger partial charge in [0.2, 0.25) is 11.8 Å². The van der Waals surface area contributed by atoms with Crippen LogP contribution in [0, 0.1) is 0 Å². The highest BCUT2D eigenvalue weighted by molar-refractivity contribution is 5.93. The summed E-state index contributed by atoms with van der Waals surface area (Å²) in [6, 6.07) is 4.68. The molecule has 0 fully saturated rings. The van der Waals surface area contributed by atoms with E-state index in [2.05, 4.69) is 20.3 Å². The first-order valence-corrected chi connectivity index (χ1v) is 6.42. The van der Waals surface area contributed by atoms with Crippen LogP contribution >= 0.6 is 0 Å². The summed E-state index contributed by atoms with van der Waals surface area (Å²) in [5.41, 5.74) is 0.389. The van der Waals surface area contributed by atoms with E-state index in [0.717, 1.165) is 0 Å². The van der Waals surface area contributed by atoms with Crippen LogP contribution < -0.4 is 14.8 Å². The molecule has 1 amide bonds. The summed E-state index contributed by atoms with van der Waals surface area (Å²) in [5.74, 6) is 0.122. The lowest BCUT2D eigenvalue weighted by atomic mass is 10.1. The smallest absolute Gasteiger partial charge is 0.270 e. The minimum Gasteiger partial charge on any atom is -0.481 e. The standard InChI is InChI=1S/C14H16N4O4/c1-15-14(20)11-8(5-4-6-16-11)12(19)13-17-9(21-2)7-10(18-13)22-3/h4-7,12,19H,1-3H3,(H,15,20). The van der Waals surface area contributed by atoms with Crippen molar-refractivity contribution >= 4 is 5.91 Å². The maximum Gasteiger partial charge on any atom is 0.270 e. The molecule has 0 saturated heterocycles. The number of hydrogen-bond acceptors (Lipinski definition) is 7. The summed E-state index contributed by atoms with van der Waals surface area (Å²) in [6.45, 7) is 0. The van der Waals surface area contributed by atoms with Crippen molar-refractivity contribution in [2.45, 2.75) is 6.10 Å². The van der Waals surface area contributed by atoms with E-state index in [1.54, 1.807) is 12.1 Å². The number of aliphatic hydroxyl groups excluding tert-OH is 1. The second-order valence-corrected chi connectivity index (χ2v) is 4.23.